The number of hydrogen-bond donors (Lipinski definition) is 1. The van der Waals surface area contributed by atoms with Crippen molar-refractivity contribution in [3.63, 3.8) is 0 Å². The molecule has 3 heteroatoms. The van der Waals surface area contributed by atoms with Gasteiger partial charge in [-0.05, 0) is 43.1 Å². The molecule has 0 spiro atoms. The molecule has 1 aliphatic heterocycles. The van der Waals surface area contributed by atoms with Gasteiger partial charge < -0.3 is 10.2 Å². The van der Waals surface area contributed by atoms with Gasteiger partial charge in [-0.1, -0.05) is 30.7 Å². The largest absolute Gasteiger partial charge is 0.329 e. The quantitative estimate of drug-likeness (QED) is 0.919. The molecule has 1 saturated heterocycles. The summed E-state index contributed by atoms with van der Waals surface area (Å²) < 4.78 is 0. The van der Waals surface area contributed by atoms with Crippen LogP contribution < -0.4 is 10.2 Å². The van der Waals surface area contributed by atoms with Gasteiger partial charge in [0, 0.05) is 25.0 Å². The van der Waals surface area contributed by atoms with Crippen molar-refractivity contribution in [2.75, 3.05) is 18.5 Å². The van der Waals surface area contributed by atoms with E-state index in [1.54, 1.807) is 0 Å². The van der Waals surface area contributed by atoms with Gasteiger partial charge in [0.2, 0.25) is 0 Å². The second-order valence-corrected chi connectivity index (χ2v) is 5.35. The molecule has 0 amide bonds. The maximum Gasteiger partial charge on any atom is 0.132 e. The van der Waals surface area contributed by atoms with Gasteiger partial charge in [-0.15, -0.1) is 0 Å². The zero-order valence-electron chi connectivity index (χ0n) is 11.9. The fourth-order valence-electron chi connectivity index (χ4n) is 2.72. The maximum absolute atomic E-state index is 4.62. The number of aromatic nitrogens is 1. The highest BCUT2D eigenvalue weighted by Crippen LogP contribution is 2.25. The van der Waals surface area contributed by atoms with Gasteiger partial charge in [-0.25, -0.2) is 4.98 Å². The van der Waals surface area contributed by atoms with Gasteiger partial charge in [-0.2, -0.15) is 0 Å². The Hall–Kier alpha value is -1.87. The summed E-state index contributed by atoms with van der Waals surface area (Å²) in [5, 5.41) is 3.56. The lowest BCUT2D eigenvalue weighted by Gasteiger charge is -2.24. The Kier molecular flexibility index (Phi) is 3.97. The first-order valence-corrected chi connectivity index (χ1v) is 7.33. The number of piperidine rings is 1. The normalized spacial score (nSPS) is 18.8. The van der Waals surface area contributed by atoms with Crippen LogP contribution >= 0.6 is 0 Å². The van der Waals surface area contributed by atoms with Crippen molar-refractivity contribution >= 4 is 11.5 Å². The Morgan fingerprint density at radius 3 is 2.60 bits per heavy atom. The smallest absolute Gasteiger partial charge is 0.132 e. The third-order valence-electron chi connectivity index (χ3n) is 3.97. The third kappa shape index (κ3) is 2.83. The molecule has 0 bridgehead atoms. The van der Waals surface area contributed by atoms with Crippen molar-refractivity contribution in [2.24, 2.45) is 0 Å². The first kappa shape index (κ1) is 13.1. The standard InChI is InChI=1S/C17H21N3/c1-20(15-7-3-2-4-8-15)17-11-10-14(13-19-17)16-9-5-6-12-18-16/h2-4,7-8,10-11,13,16,18H,5-6,9,12H2,1H3/t16-/m0/s1. The van der Waals surface area contributed by atoms with Crippen LogP contribution in [0.5, 0.6) is 0 Å². The molecule has 0 unspecified atom stereocenters. The molecule has 0 radical (unpaired) electrons. The van der Waals surface area contributed by atoms with Crippen LogP contribution in [0.3, 0.4) is 0 Å². The maximum atomic E-state index is 4.62. The molecule has 1 aromatic carbocycles. The minimum atomic E-state index is 0.479. The van der Waals surface area contributed by atoms with Crippen molar-refractivity contribution in [3.05, 3.63) is 54.2 Å². The summed E-state index contributed by atoms with van der Waals surface area (Å²) in [6.45, 7) is 1.12. The molecule has 1 N–H and O–H groups in total. The highest BCUT2D eigenvalue weighted by molar-refractivity contribution is 5.58. The van der Waals surface area contributed by atoms with Gasteiger partial charge in [-0.3, -0.25) is 0 Å². The lowest BCUT2D eigenvalue weighted by molar-refractivity contribution is 0.411. The molecule has 20 heavy (non-hydrogen) atoms. The highest BCUT2D eigenvalue weighted by Gasteiger charge is 2.15. The summed E-state index contributed by atoms with van der Waals surface area (Å²) >= 11 is 0. The zero-order chi connectivity index (χ0) is 13.8. The van der Waals surface area contributed by atoms with Crippen LogP contribution in [0.15, 0.2) is 48.7 Å². The summed E-state index contributed by atoms with van der Waals surface area (Å²) in [4.78, 5) is 6.73. The molecule has 104 valence electrons. The number of benzene rings is 1. The second-order valence-electron chi connectivity index (χ2n) is 5.35. The summed E-state index contributed by atoms with van der Waals surface area (Å²) in [5.41, 5.74) is 2.46. The monoisotopic (exact) mass is 267 g/mol. The van der Waals surface area contributed by atoms with E-state index in [-0.39, 0.29) is 0 Å². The van der Waals surface area contributed by atoms with E-state index in [9.17, 15) is 0 Å². The van der Waals surface area contributed by atoms with E-state index in [1.807, 2.05) is 24.4 Å². The van der Waals surface area contributed by atoms with E-state index in [0.29, 0.717) is 6.04 Å². The number of para-hydroxylation sites is 1. The van der Waals surface area contributed by atoms with Crippen molar-refractivity contribution in [2.45, 2.75) is 25.3 Å². The molecule has 3 nitrogen and oxygen atoms in total. The predicted octanol–water partition coefficient (Wildman–Crippen LogP) is 3.66. The molecule has 0 saturated carbocycles. The molecule has 1 aliphatic rings. The van der Waals surface area contributed by atoms with Crippen molar-refractivity contribution < 1.29 is 0 Å². The average Bonchev–Trinajstić information content (AvgIpc) is 2.56. The fourth-order valence-corrected chi connectivity index (χ4v) is 2.72. The summed E-state index contributed by atoms with van der Waals surface area (Å²) in [7, 11) is 2.05. The van der Waals surface area contributed by atoms with Crippen LogP contribution in [-0.2, 0) is 0 Å². The van der Waals surface area contributed by atoms with Gasteiger partial charge in [0.15, 0.2) is 0 Å². The van der Waals surface area contributed by atoms with E-state index in [1.165, 1.54) is 24.8 Å². The van der Waals surface area contributed by atoms with Crippen LogP contribution in [0, 0.1) is 0 Å². The molecule has 0 aliphatic carbocycles. The molecular formula is C17H21N3. The van der Waals surface area contributed by atoms with Gasteiger partial charge >= 0.3 is 0 Å². The number of anilines is 2. The molecular weight excluding hydrogens is 246 g/mol. The number of hydrogen-bond acceptors (Lipinski definition) is 3. The second kappa shape index (κ2) is 6.06. The lowest BCUT2D eigenvalue weighted by atomic mass is 9.99. The summed E-state index contributed by atoms with van der Waals surface area (Å²) in [6.07, 6.45) is 5.83. The van der Waals surface area contributed by atoms with Gasteiger partial charge in [0.25, 0.3) is 0 Å². The Balaban J connectivity index is 1.75. The van der Waals surface area contributed by atoms with Crippen LogP contribution in [0.1, 0.15) is 30.9 Å². The fraction of sp³-hybridized carbons (Fsp3) is 0.353. The molecule has 1 fully saturated rings. The van der Waals surface area contributed by atoms with Gasteiger partial charge in [0.05, 0.1) is 0 Å². The Labute approximate surface area is 120 Å². The van der Waals surface area contributed by atoms with Crippen LogP contribution in [0.4, 0.5) is 11.5 Å². The summed E-state index contributed by atoms with van der Waals surface area (Å²) in [5.74, 6) is 0.982. The van der Waals surface area contributed by atoms with Crippen molar-refractivity contribution in [1.82, 2.24) is 10.3 Å². The molecule has 1 aromatic heterocycles. The van der Waals surface area contributed by atoms with Crippen molar-refractivity contribution in [1.29, 1.82) is 0 Å². The van der Waals surface area contributed by atoms with E-state index in [0.717, 1.165) is 18.1 Å². The SMILES string of the molecule is CN(c1ccccc1)c1ccc([C@@H]2CCCCN2)cn1. The third-order valence-corrected chi connectivity index (χ3v) is 3.97. The Bertz CT molecular complexity index is 530. The van der Waals surface area contributed by atoms with E-state index >= 15 is 0 Å². The van der Waals surface area contributed by atoms with E-state index < -0.39 is 0 Å². The van der Waals surface area contributed by atoms with Crippen LogP contribution in [0.25, 0.3) is 0 Å². The molecule has 3 rings (SSSR count). The topological polar surface area (TPSA) is 28.2 Å². The first-order valence-electron chi connectivity index (χ1n) is 7.33. The Morgan fingerprint density at radius 1 is 1.10 bits per heavy atom. The highest BCUT2D eigenvalue weighted by atomic mass is 15.2. The van der Waals surface area contributed by atoms with E-state index in [4.69, 9.17) is 0 Å². The minimum Gasteiger partial charge on any atom is -0.329 e. The zero-order valence-corrected chi connectivity index (χ0v) is 11.9. The average molecular weight is 267 g/mol. The molecule has 2 aromatic rings. The predicted molar refractivity (Wildman–Crippen MR) is 83.3 cm³/mol. The Morgan fingerprint density at radius 2 is 1.95 bits per heavy atom. The number of pyridine rings is 1. The van der Waals surface area contributed by atoms with Gasteiger partial charge in [0.1, 0.15) is 5.82 Å². The van der Waals surface area contributed by atoms with Crippen LogP contribution in [-0.4, -0.2) is 18.6 Å². The summed E-state index contributed by atoms with van der Waals surface area (Å²) in [6, 6.07) is 15.1. The first-order chi connectivity index (χ1) is 9.84. The van der Waals surface area contributed by atoms with E-state index in [2.05, 4.69) is 46.5 Å². The lowest BCUT2D eigenvalue weighted by Crippen LogP contribution is -2.26. The number of rotatable bonds is 3. The number of nitrogens with zero attached hydrogens (tertiary/aromatic N) is 2. The molecule has 1 atom stereocenters. The van der Waals surface area contributed by atoms with Crippen LogP contribution in [0.2, 0.25) is 0 Å². The minimum absolute atomic E-state index is 0.479. The molecule has 2 heterocycles. The van der Waals surface area contributed by atoms with Crippen molar-refractivity contribution in [3.8, 4) is 0 Å². The number of nitrogens with one attached hydrogen (secondary N) is 1.